The van der Waals surface area contributed by atoms with E-state index in [-0.39, 0.29) is 5.91 Å². The zero-order valence-corrected chi connectivity index (χ0v) is 11.4. The molecule has 0 fully saturated rings. The third kappa shape index (κ3) is 4.12. The Kier molecular flexibility index (Phi) is 4.60. The van der Waals surface area contributed by atoms with Gasteiger partial charge in [-0.15, -0.1) is 0 Å². The normalized spacial score (nSPS) is 12.1. The van der Waals surface area contributed by atoms with Gasteiger partial charge in [-0.1, -0.05) is 23.7 Å². The molecule has 0 spiro atoms. The Bertz CT molecular complexity index is 540. The summed E-state index contributed by atoms with van der Waals surface area (Å²) in [5.41, 5.74) is 0.639. The summed E-state index contributed by atoms with van der Waals surface area (Å²) in [6.07, 6.45) is 1.63. The van der Waals surface area contributed by atoms with Gasteiger partial charge in [0.1, 0.15) is 6.54 Å². The Balaban J connectivity index is 1.86. The summed E-state index contributed by atoms with van der Waals surface area (Å²) >= 11 is 5.98. The van der Waals surface area contributed by atoms with Crippen molar-refractivity contribution < 1.29 is 14.1 Å². The number of benzene rings is 1. The number of hydrogen-bond donors (Lipinski definition) is 2. The topological polar surface area (TPSA) is 46.7 Å². The van der Waals surface area contributed by atoms with E-state index in [1.165, 1.54) is 0 Å². The molecule has 100 valence electrons. The lowest BCUT2D eigenvalue weighted by Crippen LogP contribution is -3.08. The molecule has 0 saturated carbocycles. The van der Waals surface area contributed by atoms with Gasteiger partial charge in [0.15, 0.2) is 12.3 Å². The van der Waals surface area contributed by atoms with E-state index in [1.54, 1.807) is 18.4 Å². The van der Waals surface area contributed by atoms with E-state index in [0.29, 0.717) is 23.8 Å². The predicted molar refractivity (Wildman–Crippen MR) is 74.2 cm³/mol. The van der Waals surface area contributed by atoms with Crippen LogP contribution in [0.5, 0.6) is 0 Å². The van der Waals surface area contributed by atoms with Crippen LogP contribution in [0.4, 0.5) is 5.69 Å². The van der Waals surface area contributed by atoms with Crippen molar-refractivity contribution in [1.29, 1.82) is 0 Å². The van der Waals surface area contributed by atoms with Crippen LogP contribution in [-0.4, -0.2) is 19.5 Å². The lowest BCUT2D eigenvalue weighted by molar-refractivity contribution is -0.886. The SMILES string of the molecule is C[NH+](CC(=O)Nc1ccccc1Cl)Cc1ccco1. The molecule has 2 aromatic rings. The predicted octanol–water partition coefficient (Wildman–Crippen LogP) is 1.59. The maximum absolute atomic E-state index is 11.9. The third-order valence-electron chi connectivity index (χ3n) is 2.67. The Morgan fingerprint density at radius 3 is 2.79 bits per heavy atom. The maximum atomic E-state index is 11.9. The number of quaternary nitrogens is 1. The van der Waals surface area contributed by atoms with Crippen LogP contribution in [0.3, 0.4) is 0 Å². The molecule has 1 aromatic carbocycles. The minimum atomic E-state index is -0.0721. The number of anilines is 1. The second kappa shape index (κ2) is 6.41. The van der Waals surface area contributed by atoms with E-state index in [4.69, 9.17) is 16.0 Å². The summed E-state index contributed by atoms with van der Waals surface area (Å²) in [4.78, 5) is 12.9. The van der Waals surface area contributed by atoms with Crippen molar-refractivity contribution in [3.8, 4) is 0 Å². The smallest absolute Gasteiger partial charge is 0.279 e. The first kappa shape index (κ1) is 13.6. The first-order valence-electron chi connectivity index (χ1n) is 6.03. The number of amides is 1. The molecular weight excluding hydrogens is 264 g/mol. The van der Waals surface area contributed by atoms with Gasteiger partial charge in [-0.25, -0.2) is 0 Å². The molecular formula is C14H16ClN2O2+. The second-order valence-electron chi connectivity index (χ2n) is 4.42. The number of halogens is 1. The van der Waals surface area contributed by atoms with Crippen LogP contribution in [0.25, 0.3) is 0 Å². The molecule has 4 nitrogen and oxygen atoms in total. The monoisotopic (exact) mass is 279 g/mol. The van der Waals surface area contributed by atoms with Gasteiger partial charge in [0.25, 0.3) is 5.91 Å². The van der Waals surface area contributed by atoms with Crippen molar-refractivity contribution in [3.63, 3.8) is 0 Å². The third-order valence-corrected chi connectivity index (χ3v) is 3.00. The highest BCUT2D eigenvalue weighted by atomic mass is 35.5. The van der Waals surface area contributed by atoms with Crippen LogP contribution >= 0.6 is 11.6 Å². The van der Waals surface area contributed by atoms with E-state index in [9.17, 15) is 4.79 Å². The Morgan fingerprint density at radius 2 is 2.11 bits per heavy atom. The maximum Gasteiger partial charge on any atom is 0.279 e. The molecule has 0 aliphatic carbocycles. The van der Waals surface area contributed by atoms with Gasteiger partial charge in [0.05, 0.1) is 24.0 Å². The van der Waals surface area contributed by atoms with Crippen molar-refractivity contribution in [2.75, 3.05) is 18.9 Å². The van der Waals surface area contributed by atoms with Crippen LogP contribution in [-0.2, 0) is 11.3 Å². The first-order valence-corrected chi connectivity index (χ1v) is 6.41. The number of nitrogens with one attached hydrogen (secondary N) is 2. The van der Waals surface area contributed by atoms with Gasteiger partial charge in [0.2, 0.25) is 0 Å². The standard InChI is InChI=1S/C14H15ClN2O2/c1-17(9-11-5-4-8-19-11)10-14(18)16-13-7-3-2-6-12(13)15/h2-8H,9-10H2,1H3,(H,16,18)/p+1. The number of hydrogen-bond acceptors (Lipinski definition) is 2. The highest BCUT2D eigenvalue weighted by Gasteiger charge is 2.12. The lowest BCUT2D eigenvalue weighted by Gasteiger charge is -2.12. The van der Waals surface area contributed by atoms with E-state index < -0.39 is 0 Å². The fourth-order valence-electron chi connectivity index (χ4n) is 1.80. The first-order chi connectivity index (χ1) is 9.15. The van der Waals surface area contributed by atoms with E-state index in [2.05, 4.69) is 5.32 Å². The average molecular weight is 280 g/mol. The molecule has 0 aliphatic heterocycles. The molecule has 0 bridgehead atoms. The Morgan fingerprint density at radius 1 is 1.32 bits per heavy atom. The van der Waals surface area contributed by atoms with Gasteiger partial charge in [-0.2, -0.15) is 0 Å². The number of likely N-dealkylation sites (N-methyl/N-ethyl adjacent to an activating group) is 1. The minimum Gasteiger partial charge on any atom is -0.463 e. The van der Waals surface area contributed by atoms with E-state index >= 15 is 0 Å². The number of furan rings is 1. The van der Waals surface area contributed by atoms with Crippen LogP contribution < -0.4 is 10.2 Å². The van der Waals surface area contributed by atoms with Crippen LogP contribution in [0.2, 0.25) is 5.02 Å². The van der Waals surface area contributed by atoms with Crippen molar-refractivity contribution in [3.05, 3.63) is 53.4 Å². The Hall–Kier alpha value is -1.78. The molecule has 19 heavy (non-hydrogen) atoms. The number of para-hydroxylation sites is 1. The fraction of sp³-hybridized carbons (Fsp3) is 0.214. The van der Waals surface area contributed by atoms with E-state index in [0.717, 1.165) is 10.7 Å². The minimum absolute atomic E-state index is 0.0721. The summed E-state index contributed by atoms with van der Waals surface area (Å²) in [5, 5.41) is 3.34. The van der Waals surface area contributed by atoms with Crippen LogP contribution in [0.15, 0.2) is 47.1 Å². The summed E-state index contributed by atoms with van der Waals surface area (Å²) < 4.78 is 5.25. The van der Waals surface area contributed by atoms with Gasteiger partial charge in [-0.3, -0.25) is 4.79 Å². The Labute approximate surface area is 117 Å². The summed E-state index contributed by atoms with van der Waals surface area (Å²) in [6, 6.07) is 10.9. The molecule has 1 heterocycles. The molecule has 5 heteroatoms. The summed E-state index contributed by atoms with van der Waals surface area (Å²) in [6.45, 7) is 1.02. The second-order valence-corrected chi connectivity index (χ2v) is 4.83. The quantitative estimate of drug-likeness (QED) is 0.873. The van der Waals surface area contributed by atoms with Crippen LogP contribution in [0.1, 0.15) is 5.76 Å². The molecule has 1 unspecified atom stereocenters. The molecule has 2 rings (SSSR count). The van der Waals surface area contributed by atoms with Gasteiger partial charge < -0.3 is 14.6 Å². The largest absolute Gasteiger partial charge is 0.463 e. The lowest BCUT2D eigenvalue weighted by atomic mass is 10.3. The highest BCUT2D eigenvalue weighted by molar-refractivity contribution is 6.33. The molecule has 0 radical (unpaired) electrons. The molecule has 1 amide bonds. The van der Waals surface area contributed by atoms with Crippen molar-refractivity contribution in [2.45, 2.75) is 6.54 Å². The van der Waals surface area contributed by atoms with Crippen molar-refractivity contribution in [1.82, 2.24) is 0 Å². The molecule has 0 saturated heterocycles. The molecule has 1 aromatic heterocycles. The summed E-state index contributed by atoms with van der Waals surface area (Å²) in [5.74, 6) is 0.792. The number of carbonyl (C=O) groups excluding carboxylic acids is 1. The van der Waals surface area contributed by atoms with Gasteiger partial charge >= 0.3 is 0 Å². The zero-order chi connectivity index (χ0) is 13.7. The molecule has 0 aliphatic rings. The van der Waals surface area contributed by atoms with Crippen LogP contribution in [0, 0.1) is 0 Å². The molecule has 1 atom stereocenters. The average Bonchev–Trinajstić information content (AvgIpc) is 2.84. The van der Waals surface area contributed by atoms with Gasteiger partial charge in [-0.05, 0) is 24.3 Å². The van der Waals surface area contributed by atoms with Crippen molar-refractivity contribution >= 4 is 23.2 Å². The fourth-order valence-corrected chi connectivity index (χ4v) is 1.99. The number of carbonyl (C=O) groups is 1. The number of rotatable bonds is 5. The molecule has 2 N–H and O–H groups in total. The van der Waals surface area contributed by atoms with Crippen molar-refractivity contribution in [2.24, 2.45) is 0 Å². The van der Waals surface area contributed by atoms with E-state index in [1.807, 2.05) is 31.3 Å². The highest BCUT2D eigenvalue weighted by Crippen LogP contribution is 2.19. The zero-order valence-electron chi connectivity index (χ0n) is 10.7. The summed E-state index contributed by atoms with van der Waals surface area (Å²) in [7, 11) is 1.94. The van der Waals surface area contributed by atoms with Gasteiger partial charge in [0, 0.05) is 0 Å².